The summed E-state index contributed by atoms with van der Waals surface area (Å²) in [5, 5.41) is 1.05. The molecule has 1 atom stereocenters. The van der Waals surface area contributed by atoms with Crippen LogP contribution >= 0.6 is 0 Å². The molecule has 0 saturated heterocycles. The van der Waals surface area contributed by atoms with Gasteiger partial charge in [0.1, 0.15) is 11.3 Å². The Kier molecular flexibility index (Phi) is 3.48. The molecule has 0 unspecified atom stereocenters. The zero-order valence-corrected chi connectivity index (χ0v) is 13.5. The maximum atomic E-state index is 11.8. The van der Waals surface area contributed by atoms with E-state index in [9.17, 15) is 8.42 Å². The second kappa shape index (κ2) is 5.05. The second-order valence-corrected chi connectivity index (χ2v) is 8.03. The standard InChI is InChI=1S/C16H21NO3S/c1-4-21(18,19)17-14-9-13-12-7-10(2)5-6-15(12)20-16(13)8-11(14)3/h8-10,17H,4-7H2,1-3H3/t10-/m1/s1. The SMILES string of the molecule is CCS(=O)(=O)Nc1cc2c3c(oc2cc1C)CC[C@@H](C)C3. The Hall–Kier alpha value is -1.49. The summed E-state index contributed by atoms with van der Waals surface area (Å²) in [5.41, 5.74) is 3.66. The number of aryl methyl sites for hydroxylation is 2. The van der Waals surface area contributed by atoms with Gasteiger partial charge in [0.05, 0.1) is 11.4 Å². The van der Waals surface area contributed by atoms with Crippen LogP contribution in [0.3, 0.4) is 0 Å². The number of nitrogens with one attached hydrogen (secondary N) is 1. The van der Waals surface area contributed by atoms with Crippen LogP contribution in [-0.2, 0) is 22.9 Å². The van der Waals surface area contributed by atoms with Crippen molar-refractivity contribution in [2.75, 3.05) is 10.5 Å². The van der Waals surface area contributed by atoms with Gasteiger partial charge in [-0.05, 0) is 50.3 Å². The lowest BCUT2D eigenvalue weighted by atomic mass is 9.88. The lowest BCUT2D eigenvalue weighted by molar-refractivity contribution is 0.438. The van der Waals surface area contributed by atoms with E-state index in [0.717, 1.165) is 41.6 Å². The highest BCUT2D eigenvalue weighted by molar-refractivity contribution is 7.92. The third-order valence-electron chi connectivity index (χ3n) is 4.28. The molecule has 2 aromatic rings. The minimum atomic E-state index is -3.26. The molecule has 0 amide bonds. The summed E-state index contributed by atoms with van der Waals surface area (Å²) in [7, 11) is -3.26. The van der Waals surface area contributed by atoms with Crippen LogP contribution in [0.5, 0.6) is 0 Å². The molecule has 0 bridgehead atoms. The van der Waals surface area contributed by atoms with Crippen molar-refractivity contribution in [2.24, 2.45) is 5.92 Å². The van der Waals surface area contributed by atoms with Crippen molar-refractivity contribution < 1.29 is 12.8 Å². The predicted octanol–water partition coefficient (Wildman–Crippen LogP) is 3.63. The summed E-state index contributed by atoms with van der Waals surface area (Å²) in [6.45, 7) is 5.78. The van der Waals surface area contributed by atoms with E-state index in [-0.39, 0.29) is 5.75 Å². The van der Waals surface area contributed by atoms with Crippen molar-refractivity contribution in [3.05, 3.63) is 29.0 Å². The molecule has 0 aliphatic heterocycles. The van der Waals surface area contributed by atoms with Gasteiger partial charge in [-0.15, -0.1) is 0 Å². The fraction of sp³-hybridized carbons (Fsp3) is 0.500. The third-order valence-corrected chi connectivity index (χ3v) is 5.57. The molecule has 0 radical (unpaired) electrons. The Morgan fingerprint density at radius 1 is 1.38 bits per heavy atom. The summed E-state index contributed by atoms with van der Waals surface area (Å²) in [4.78, 5) is 0. The van der Waals surface area contributed by atoms with E-state index >= 15 is 0 Å². The van der Waals surface area contributed by atoms with Crippen LogP contribution in [0.1, 0.15) is 37.2 Å². The molecule has 5 heteroatoms. The Morgan fingerprint density at radius 2 is 2.14 bits per heavy atom. The van der Waals surface area contributed by atoms with Gasteiger partial charge >= 0.3 is 0 Å². The number of fused-ring (bicyclic) bond motifs is 3. The zero-order valence-electron chi connectivity index (χ0n) is 12.7. The average molecular weight is 307 g/mol. The predicted molar refractivity (Wildman–Crippen MR) is 85.2 cm³/mol. The van der Waals surface area contributed by atoms with Gasteiger partial charge in [0.25, 0.3) is 0 Å². The number of anilines is 1. The molecule has 3 rings (SSSR count). The smallest absolute Gasteiger partial charge is 0.232 e. The zero-order chi connectivity index (χ0) is 15.2. The third kappa shape index (κ3) is 2.67. The van der Waals surface area contributed by atoms with Gasteiger partial charge in [-0.3, -0.25) is 4.72 Å². The van der Waals surface area contributed by atoms with Crippen molar-refractivity contribution in [1.82, 2.24) is 0 Å². The van der Waals surface area contributed by atoms with E-state index in [1.54, 1.807) is 6.92 Å². The molecular weight excluding hydrogens is 286 g/mol. The summed E-state index contributed by atoms with van der Waals surface area (Å²) in [6.07, 6.45) is 3.13. The monoisotopic (exact) mass is 307 g/mol. The lowest BCUT2D eigenvalue weighted by Crippen LogP contribution is -2.15. The van der Waals surface area contributed by atoms with Crippen LogP contribution in [-0.4, -0.2) is 14.2 Å². The first-order valence-electron chi connectivity index (χ1n) is 7.45. The molecule has 21 heavy (non-hydrogen) atoms. The van der Waals surface area contributed by atoms with E-state index in [0.29, 0.717) is 11.6 Å². The molecule has 114 valence electrons. The largest absolute Gasteiger partial charge is 0.461 e. The maximum Gasteiger partial charge on any atom is 0.232 e. The van der Waals surface area contributed by atoms with Gasteiger partial charge in [0.2, 0.25) is 10.0 Å². The average Bonchev–Trinajstić information content (AvgIpc) is 2.76. The van der Waals surface area contributed by atoms with Crippen molar-refractivity contribution in [3.8, 4) is 0 Å². The van der Waals surface area contributed by atoms with Gasteiger partial charge in [0.15, 0.2) is 0 Å². The highest BCUT2D eigenvalue weighted by atomic mass is 32.2. The number of hydrogen-bond acceptors (Lipinski definition) is 3. The van der Waals surface area contributed by atoms with Crippen LogP contribution < -0.4 is 4.72 Å². The lowest BCUT2D eigenvalue weighted by Gasteiger charge is -2.16. The van der Waals surface area contributed by atoms with Gasteiger partial charge in [-0.1, -0.05) is 6.92 Å². The number of sulfonamides is 1. The minimum Gasteiger partial charge on any atom is -0.461 e. The molecule has 1 aromatic carbocycles. The normalized spacial score (nSPS) is 18.7. The second-order valence-electron chi connectivity index (χ2n) is 6.02. The van der Waals surface area contributed by atoms with E-state index < -0.39 is 10.0 Å². The van der Waals surface area contributed by atoms with E-state index in [1.807, 2.05) is 19.1 Å². The fourth-order valence-corrected chi connectivity index (χ4v) is 3.65. The van der Waals surface area contributed by atoms with E-state index in [2.05, 4.69) is 11.6 Å². The van der Waals surface area contributed by atoms with Gasteiger partial charge < -0.3 is 4.42 Å². The summed E-state index contributed by atoms with van der Waals surface area (Å²) >= 11 is 0. The topological polar surface area (TPSA) is 59.3 Å². The summed E-state index contributed by atoms with van der Waals surface area (Å²) in [6, 6.07) is 3.87. The molecule has 1 aliphatic carbocycles. The Bertz CT molecular complexity index is 789. The molecule has 1 aromatic heterocycles. The van der Waals surface area contributed by atoms with Crippen LogP contribution in [0.15, 0.2) is 16.5 Å². The van der Waals surface area contributed by atoms with Crippen molar-refractivity contribution in [1.29, 1.82) is 0 Å². The van der Waals surface area contributed by atoms with Crippen molar-refractivity contribution >= 4 is 26.7 Å². The molecule has 0 spiro atoms. The number of benzene rings is 1. The molecule has 1 heterocycles. The Morgan fingerprint density at radius 3 is 2.86 bits per heavy atom. The van der Waals surface area contributed by atoms with Crippen LogP contribution in [0.25, 0.3) is 11.0 Å². The quantitative estimate of drug-likeness (QED) is 0.942. The Labute approximate surface area is 125 Å². The molecular formula is C16H21NO3S. The molecule has 4 nitrogen and oxygen atoms in total. The summed E-state index contributed by atoms with van der Waals surface area (Å²) in [5.74, 6) is 1.79. The van der Waals surface area contributed by atoms with Crippen LogP contribution in [0.4, 0.5) is 5.69 Å². The maximum absolute atomic E-state index is 11.8. The number of furan rings is 1. The minimum absolute atomic E-state index is 0.0744. The molecule has 0 fully saturated rings. The highest BCUT2D eigenvalue weighted by Crippen LogP contribution is 2.36. The first kappa shape index (κ1) is 14.4. The highest BCUT2D eigenvalue weighted by Gasteiger charge is 2.23. The number of hydrogen-bond donors (Lipinski definition) is 1. The van der Waals surface area contributed by atoms with Crippen molar-refractivity contribution in [3.63, 3.8) is 0 Å². The van der Waals surface area contributed by atoms with Gasteiger partial charge in [0, 0.05) is 17.4 Å². The Balaban J connectivity index is 2.11. The van der Waals surface area contributed by atoms with Crippen molar-refractivity contribution in [2.45, 2.75) is 40.0 Å². The first-order valence-corrected chi connectivity index (χ1v) is 9.10. The molecule has 0 saturated carbocycles. The van der Waals surface area contributed by atoms with E-state index in [1.165, 1.54) is 5.56 Å². The van der Waals surface area contributed by atoms with Crippen LogP contribution in [0, 0.1) is 12.8 Å². The van der Waals surface area contributed by atoms with E-state index in [4.69, 9.17) is 4.42 Å². The first-order chi connectivity index (χ1) is 9.89. The molecule has 1 N–H and O–H groups in total. The molecule has 1 aliphatic rings. The van der Waals surface area contributed by atoms with Gasteiger partial charge in [-0.2, -0.15) is 0 Å². The van der Waals surface area contributed by atoms with Crippen LogP contribution in [0.2, 0.25) is 0 Å². The fourth-order valence-electron chi connectivity index (χ4n) is 2.95. The number of rotatable bonds is 3. The van der Waals surface area contributed by atoms with Gasteiger partial charge in [-0.25, -0.2) is 8.42 Å². The summed E-state index contributed by atoms with van der Waals surface area (Å²) < 4.78 is 32.2.